The standard InChI is InChI=1S/C31H63NO4SSi/c1-3-5-7-9-11-12-13-15-17-21-31(33)37-27-19-20-30-23-22-29(24-25-32(34)38-30)36-28-35-26-18-16-14-10-8-6-4-2/h29-30,34H,3-28,38H2,1-2H3. The highest BCUT2D eigenvalue weighted by Crippen LogP contribution is 2.26. The van der Waals surface area contributed by atoms with Crippen LogP contribution in [0.3, 0.4) is 0 Å². The van der Waals surface area contributed by atoms with Crippen LogP contribution >= 0.6 is 11.8 Å². The van der Waals surface area contributed by atoms with E-state index in [0.29, 0.717) is 17.4 Å². The Bertz CT molecular complexity index is 528. The second-order valence-corrected chi connectivity index (χ2v) is 14.9. The summed E-state index contributed by atoms with van der Waals surface area (Å²) >= 11 is 1.54. The number of nitrogens with zero attached hydrogens (tertiary/aromatic N) is 1. The van der Waals surface area contributed by atoms with Gasteiger partial charge in [-0.25, -0.2) is 4.73 Å². The number of carbonyl (C=O) groups excluding carboxylic acids is 1. The van der Waals surface area contributed by atoms with Crippen LogP contribution in [0.1, 0.15) is 155 Å². The molecule has 226 valence electrons. The van der Waals surface area contributed by atoms with Gasteiger partial charge in [-0.2, -0.15) is 0 Å². The van der Waals surface area contributed by atoms with Gasteiger partial charge in [-0.15, -0.1) is 0 Å². The van der Waals surface area contributed by atoms with E-state index < -0.39 is 9.68 Å². The first-order chi connectivity index (χ1) is 18.7. The summed E-state index contributed by atoms with van der Waals surface area (Å²) in [5.74, 6) is 0.930. The van der Waals surface area contributed by atoms with E-state index in [4.69, 9.17) is 9.47 Å². The van der Waals surface area contributed by atoms with Crippen molar-refractivity contribution in [1.29, 1.82) is 0 Å². The fourth-order valence-corrected chi connectivity index (χ4v) is 7.99. The molecule has 0 spiro atoms. The molecule has 0 saturated carbocycles. The molecule has 0 aliphatic carbocycles. The summed E-state index contributed by atoms with van der Waals surface area (Å²) in [5, 5.41) is 10.7. The van der Waals surface area contributed by atoms with E-state index in [2.05, 4.69) is 13.8 Å². The fourth-order valence-electron chi connectivity index (χ4n) is 5.32. The number of hydrogen-bond donors (Lipinski definition) is 1. The normalized spacial score (nSPS) is 19.6. The second kappa shape index (κ2) is 27.3. The van der Waals surface area contributed by atoms with Crippen molar-refractivity contribution >= 4 is 26.6 Å². The zero-order chi connectivity index (χ0) is 27.5. The largest absolute Gasteiger partial charge is 0.355 e. The van der Waals surface area contributed by atoms with E-state index in [1.165, 1.54) is 102 Å². The molecule has 1 fully saturated rings. The smallest absolute Gasteiger partial charge is 0.188 e. The number of hydrogen-bond acceptors (Lipinski definition) is 6. The molecule has 0 aromatic carbocycles. The van der Waals surface area contributed by atoms with E-state index in [-0.39, 0.29) is 6.10 Å². The molecule has 0 bridgehead atoms. The van der Waals surface area contributed by atoms with Gasteiger partial charge in [0.2, 0.25) is 0 Å². The predicted molar refractivity (Wildman–Crippen MR) is 167 cm³/mol. The molecular weight excluding hydrogens is 510 g/mol. The molecule has 1 saturated heterocycles. The summed E-state index contributed by atoms with van der Waals surface area (Å²) in [7, 11) is -0.643. The first kappa shape index (κ1) is 36.1. The molecule has 1 N–H and O–H groups in total. The van der Waals surface area contributed by atoms with Crippen LogP contribution in [0, 0.1) is 0 Å². The van der Waals surface area contributed by atoms with Gasteiger partial charge < -0.3 is 14.7 Å². The first-order valence-corrected chi connectivity index (χ1v) is 18.9. The predicted octanol–water partition coefficient (Wildman–Crippen LogP) is 8.80. The summed E-state index contributed by atoms with van der Waals surface area (Å²) in [6.07, 6.45) is 27.0. The Kier molecular flexibility index (Phi) is 25.9. The summed E-state index contributed by atoms with van der Waals surface area (Å²) in [6.45, 7) is 6.41. The first-order valence-electron chi connectivity index (χ1n) is 16.4. The summed E-state index contributed by atoms with van der Waals surface area (Å²) < 4.78 is 13.4. The Morgan fingerprint density at radius 2 is 1.42 bits per heavy atom. The zero-order valence-corrected chi connectivity index (χ0v) is 27.5. The molecule has 1 heterocycles. The van der Waals surface area contributed by atoms with Crippen molar-refractivity contribution in [3.63, 3.8) is 0 Å². The third-order valence-corrected chi connectivity index (χ3v) is 10.9. The molecule has 0 amide bonds. The lowest BCUT2D eigenvalue weighted by Gasteiger charge is -2.29. The van der Waals surface area contributed by atoms with E-state index in [9.17, 15) is 10.0 Å². The molecule has 1 rings (SSSR count). The minimum atomic E-state index is -0.643. The van der Waals surface area contributed by atoms with Gasteiger partial charge >= 0.3 is 0 Å². The van der Waals surface area contributed by atoms with Gasteiger partial charge in [0.25, 0.3) is 0 Å². The molecule has 0 aromatic heterocycles. The van der Waals surface area contributed by atoms with Crippen molar-refractivity contribution in [3.8, 4) is 0 Å². The van der Waals surface area contributed by atoms with Crippen LogP contribution < -0.4 is 0 Å². The molecule has 7 heteroatoms. The van der Waals surface area contributed by atoms with Crippen molar-refractivity contribution < 1.29 is 19.5 Å². The van der Waals surface area contributed by atoms with Crippen LogP contribution in [0.15, 0.2) is 0 Å². The van der Waals surface area contributed by atoms with Crippen LogP contribution in [-0.2, 0) is 14.3 Å². The number of thioether (sulfide) groups is 1. The van der Waals surface area contributed by atoms with Gasteiger partial charge in [0.1, 0.15) is 16.5 Å². The second-order valence-electron chi connectivity index (χ2n) is 11.5. The summed E-state index contributed by atoms with van der Waals surface area (Å²) in [5.41, 5.74) is 0.605. The SMILES string of the molecule is CCCCCCCCCCCC(=O)SCCCC1CCC(OCOCCCCCCCCC)CCN(O)[SiH2]1. The fraction of sp³-hybridized carbons (Fsp3) is 0.968. The van der Waals surface area contributed by atoms with Gasteiger partial charge in [-0.1, -0.05) is 122 Å². The quantitative estimate of drug-likeness (QED) is 0.0669. The molecule has 2 unspecified atom stereocenters. The van der Waals surface area contributed by atoms with Crippen LogP contribution in [-0.4, -0.2) is 56.5 Å². The van der Waals surface area contributed by atoms with Crippen molar-refractivity contribution in [2.45, 2.75) is 167 Å². The Labute approximate surface area is 242 Å². The zero-order valence-electron chi connectivity index (χ0n) is 25.3. The molecule has 0 aromatic rings. The number of rotatable bonds is 25. The number of ether oxygens (including phenoxy) is 2. The Balaban J connectivity index is 2.03. The van der Waals surface area contributed by atoms with Crippen LogP contribution in [0.2, 0.25) is 5.54 Å². The Hall–Kier alpha value is 0.0769. The van der Waals surface area contributed by atoms with Gasteiger partial charge in [0.15, 0.2) is 5.12 Å². The molecule has 5 nitrogen and oxygen atoms in total. The molecule has 1 aliphatic heterocycles. The van der Waals surface area contributed by atoms with Crippen molar-refractivity contribution in [2.24, 2.45) is 0 Å². The number of carbonyl (C=O) groups is 1. The lowest BCUT2D eigenvalue weighted by atomic mass is 10.1. The van der Waals surface area contributed by atoms with E-state index in [1.54, 1.807) is 4.73 Å². The molecular formula is C31H63NO4SSi. The maximum absolute atomic E-state index is 12.2. The van der Waals surface area contributed by atoms with E-state index in [1.807, 2.05) is 0 Å². The maximum Gasteiger partial charge on any atom is 0.188 e. The Morgan fingerprint density at radius 1 is 0.816 bits per heavy atom. The lowest BCUT2D eigenvalue weighted by molar-refractivity contribution is -0.111. The maximum atomic E-state index is 12.2. The monoisotopic (exact) mass is 573 g/mol. The average molecular weight is 574 g/mol. The van der Waals surface area contributed by atoms with Gasteiger partial charge in [0.05, 0.1) is 6.10 Å². The van der Waals surface area contributed by atoms with Gasteiger partial charge in [-0.05, 0) is 44.1 Å². The summed E-state index contributed by atoms with van der Waals surface area (Å²) in [4.78, 5) is 12.2. The minimum Gasteiger partial charge on any atom is -0.355 e. The highest BCUT2D eigenvalue weighted by Gasteiger charge is 2.22. The number of hydroxylamine groups is 1. The van der Waals surface area contributed by atoms with E-state index in [0.717, 1.165) is 70.3 Å². The van der Waals surface area contributed by atoms with Gasteiger partial charge in [0, 0.05) is 25.3 Å². The molecule has 38 heavy (non-hydrogen) atoms. The van der Waals surface area contributed by atoms with Crippen LogP contribution in [0.25, 0.3) is 0 Å². The average Bonchev–Trinajstić information content (AvgIpc) is 2.90. The third kappa shape index (κ3) is 22.8. The van der Waals surface area contributed by atoms with E-state index >= 15 is 0 Å². The van der Waals surface area contributed by atoms with Crippen molar-refractivity contribution in [1.82, 2.24) is 4.73 Å². The van der Waals surface area contributed by atoms with Gasteiger partial charge in [-0.3, -0.25) is 4.79 Å². The lowest BCUT2D eigenvalue weighted by Crippen LogP contribution is -2.34. The van der Waals surface area contributed by atoms with Crippen molar-refractivity contribution in [3.05, 3.63) is 0 Å². The highest BCUT2D eigenvalue weighted by atomic mass is 32.2. The third-order valence-electron chi connectivity index (χ3n) is 7.86. The molecule has 0 radical (unpaired) electrons. The topological polar surface area (TPSA) is 59.0 Å². The number of unbranched alkanes of at least 4 members (excludes halogenated alkanes) is 14. The van der Waals surface area contributed by atoms with Crippen molar-refractivity contribution in [2.75, 3.05) is 25.7 Å². The van der Waals surface area contributed by atoms with Crippen LogP contribution in [0.4, 0.5) is 0 Å². The van der Waals surface area contributed by atoms with Crippen LogP contribution in [0.5, 0.6) is 0 Å². The summed E-state index contributed by atoms with van der Waals surface area (Å²) in [6, 6.07) is 0. The Morgan fingerprint density at radius 3 is 2.08 bits per heavy atom. The molecule has 2 atom stereocenters. The minimum absolute atomic E-state index is 0.183. The highest BCUT2D eigenvalue weighted by molar-refractivity contribution is 8.13. The molecule has 1 aliphatic rings.